The summed E-state index contributed by atoms with van der Waals surface area (Å²) in [4.78, 5) is 37.4. The van der Waals surface area contributed by atoms with Crippen LogP contribution >= 0.6 is 11.6 Å². The Bertz CT molecular complexity index is 2400. The lowest BCUT2D eigenvalue weighted by Crippen LogP contribution is -2.47. The molecule has 0 radical (unpaired) electrons. The van der Waals surface area contributed by atoms with Crippen LogP contribution in [-0.4, -0.2) is 69.3 Å². The molecular formula is C41H41ClN8O5S. The first-order chi connectivity index (χ1) is 27.2. The number of amides is 1. The van der Waals surface area contributed by atoms with Crippen LogP contribution in [0.4, 0.5) is 22.7 Å². The second-order valence-electron chi connectivity index (χ2n) is 15.1. The average Bonchev–Trinajstić information content (AvgIpc) is 3.87. The lowest BCUT2D eigenvalue weighted by molar-refractivity contribution is -0.384. The lowest BCUT2D eigenvalue weighted by atomic mass is 9.59. The van der Waals surface area contributed by atoms with Crippen molar-refractivity contribution in [2.45, 2.75) is 43.4 Å². The van der Waals surface area contributed by atoms with E-state index in [1.807, 2.05) is 36.4 Å². The molecule has 3 aromatic carbocycles. The number of nitrogens with one attached hydrogen (secondary N) is 4. The van der Waals surface area contributed by atoms with Crippen LogP contribution in [-0.2, 0) is 11.0 Å². The molecule has 1 saturated heterocycles. The Morgan fingerprint density at radius 3 is 2.61 bits per heavy atom. The van der Waals surface area contributed by atoms with Gasteiger partial charge in [-0.05, 0) is 91.1 Å². The number of carbonyl (C=O) groups excluding carboxylic acids is 1. The van der Waals surface area contributed by atoms with Crippen molar-refractivity contribution in [3.05, 3.63) is 111 Å². The zero-order chi connectivity index (χ0) is 38.4. The highest BCUT2D eigenvalue weighted by molar-refractivity contribution is 7.83. The Labute approximate surface area is 331 Å². The number of carbonyl (C=O) groups is 1. The summed E-state index contributed by atoms with van der Waals surface area (Å²) < 4.78 is 22.4. The summed E-state index contributed by atoms with van der Waals surface area (Å²) in [6, 6.07) is 20.2. The third-order valence-corrected chi connectivity index (χ3v) is 13.0. The van der Waals surface area contributed by atoms with E-state index in [0.29, 0.717) is 34.9 Å². The number of H-pyrrole nitrogens is 1. The molecule has 2 aromatic heterocycles. The van der Waals surface area contributed by atoms with E-state index in [9.17, 15) is 19.1 Å². The minimum atomic E-state index is -2.11. The number of aromatic nitrogens is 2. The summed E-state index contributed by atoms with van der Waals surface area (Å²) in [5.74, 6) is 0.0512. The van der Waals surface area contributed by atoms with Crippen molar-refractivity contribution in [1.82, 2.24) is 19.6 Å². The molecule has 1 amide bonds. The molecule has 1 spiro atoms. The Balaban J connectivity index is 0.940. The number of piperazine rings is 1. The van der Waals surface area contributed by atoms with E-state index >= 15 is 0 Å². The van der Waals surface area contributed by atoms with Crippen LogP contribution < -0.4 is 25.0 Å². The molecule has 1 saturated carbocycles. The minimum Gasteiger partial charge on any atom is -0.455 e. The first kappa shape index (κ1) is 36.2. The number of halogens is 1. The van der Waals surface area contributed by atoms with Gasteiger partial charge in [-0.1, -0.05) is 35.7 Å². The summed E-state index contributed by atoms with van der Waals surface area (Å²) in [7, 11) is -2.11. The number of benzene rings is 3. The van der Waals surface area contributed by atoms with E-state index in [1.54, 1.807) is 18.5 Å². The van der Waals surface area contributed by atoms with Crippen LogP contribution in [0.2, 0.25) is 5.02 Å². The number of allylic oxidation sites excluding steroid dienone is 1. The number of anilines is 3. The molecule has 4 N–H and O–H groups in total. The van der Waals surface area contributed by atoms with Gasteiger partial charge in [0.25, 0.3) is 11.6 Å². The first-order valence-electron chi connectivity index (χ1n) is 18.9. The summed E-state index contributed by atoms with van der Waals surface area (Å²) in [5, 5.41) is 19.3. The molecule has 4 aliphatic rings. The van der Waals surface area contributed by atoms with Crippen molar-refractivity contribution in [3.8, 4) is 11.5 Å². The normalized spacial score (nSPS) is 18.2. The van der Waals surface area contributed by atoms with Gasteiger partial charge in [0.2, 0.25) is 0 Å². The molecule has 1 unspecified atom stereocenters. The Hall–Kier alpha value is -5.44. The van der Waals surface area contributed by atoms with Gasteiger partial charge in [-0.2, -0.15) is 0 Å². The van der Waals surface area contributed by atoms with Crippen LogP contribution in [0.1, 0.15) is 54.4 Å². The number of hydrogen-bond donors (Lipinski definition) is 4. The third-order valence-electron chi connectivity index (χ3n) is 11.7. The zero-order valence-electron chi connectivity index (χ0n) is 30.6. The highest BCUT2D eigenvalue weighted by atomic mass is 35.5. The van der Waals surface area contributed by atoms with Gasteiger partial charge in [0.1, 0.15) is 22.8 Å². The quantitative estimate of drug-likeness (QED) is 0.0805. The molecule has 56 heavy (non-hydrogen) atoms. The number of fused-ring (bicyclic) bond motifs is 2. The van der Waals surface area contributed by atoms with Crippen molar-refractivity contribution in [3.63, 3.8) is 0 Å². The fraction of sp³-hybridized carbons (Fsp3) is 0.317. The maximum absolute atomic E-state index is 13.8. The number of nitro benzene ring substituents is 1. The van der Waals surface area contributed by atoms with Crippen LogP contribution in [0.5, 0.6) is 11.5 Å². The van der Waals surface area contributed by atoms with Gasteiger partial charge in [0.15, 0.2) is 11.0 Å². The second kappa shape index (κ2) is 14.9. The maximum Gasteiger partial charge on any atom is 0.295 e. The molecule has 5 aromatic rings. The standard InChI is InChI=1S/C41H41ClN8O5S/c42-29-4-2-26(3-5-29)34-22-41(10-1-11-41)12-8-28(34)24-48-14-16-49(17-15-48)30-6-7-33(37(19-30)55-31-18-27-9-13-43-39(27)44-23-31)40(51)47-56(54)32-20-35-38(46-25-45-35)36(21-32)50(52)53/h2-7,9,13,18-21,23,45-46H,1,8,10-12,14-17,22,24-25H2,(H,43,44)(H,47,51). The number of hydrogen-bond acceptors (Lipinski definition) is 10. The van der Waals surface area contributed by atoms with Crippen molar-refractivity contribution in [2.24, 2.45) is 5.41 Å². The number of nitrogens with zero attached hydrogens (tertiary/aromatic N) is 4. The van der Waals surface area contributed by atoms with E-state index in [2.05, 4.69) is 47.3 Å². The number of nitro groups is 1. The van der Waals surface area contributed by atoms with Crippen LogP contribution in [0.15, 0.2) is 89.6 Å². The molecular weight excluding hydrogens is 752 g/mol. The number of ether oxygens (including phenoxy) is 1. The second-order valence-corrected chi connectivity index (χ2v) is 16.8. The predicted octanol–water partition coefficient (Wildman–Crippen LogP) is 8.09. The van der Waals surface area contributed by atoms with Crippen molar-refractivity contribution in [1.29, 1.82) is 0 Å². The topological polar surface area (TPSA) is 158 Å². The molecule has 4 heterocycles. The molecule has 9 rings (SSSR count). The SMILES string of the molecule is O=C(NS(=O)c1cc2c(c([N+](=O)[O-])c1)NCN2)c1ccc(N2CCN(CC3=C(c4ccc(Cl)cc4)CC4(CCC4)CC3)CC2)cc1Oc1cnc2[nH]ccc2c1. The zero-order valence-corrected chi connectivity index (χ0v) is 32.2. The van der Waals surface area contributed by atoms with Gasteiger partial charge in [0, 0.05) is 67.1 Å². The minimum absolute atomic E-state index is 0.0888. The van der Waals surface area contributed by atoms with Crippen molar-refractivity contribution < 1.29 is 18.7 Å². The number of rotatable bonds is 10. The van der Waals surface area contributed by atoms with E-state index in [4.69, 9.17) is 16.3 Å². The summed E-state index contributed by atoms with van der Waals surface area (Å²) >= 11 is 6.27. The fourth-order valence-electron chi connectivity index (χ4n) is 8.51. The van der Waals surface area contributed by atoms with E-state index in [0.717, 1.165) is 61.7 Å². The molecule has 288 valence electrons. The monoisotopic (exact) mass is 792 g/mol. The largest absolute Gasteiger partial charge is 0.455 e. The Morgan fingerprint density at radius 1 is 1.02 bits per heavy atom. The summed E-state index contributed by atoms with van der Waals surface area (Å²) in [6.07, 6.45) is 10.9. The number of aromatic amines is 1. The van der Waals surface area contributed by atoms with E-state index in [1.165, 1.54) is 54.5 Å². The van der Waals surface area contributed by atoms with Gasteiger partial charge < -0.3 is 25.3 Å². The third kappa shape index (κ3) is 7.19. The van der Waals surface area contributed by atoms with Gasteiger partial charge in [-0.15, -0.1) is 0 Å². The fourth-order valence-corrected chi connectivity index (χ4v) is 9.48. The molecule has 2 aliphatic carbocycles. The molecule has 1 atom stereocenters. The van der Waals surface area contributed by atoms with Crippen molar-refractivity contribution in [2.75, 3.05) is 54.9 Å². The highest BCUT2D eigenvalue weighted by Gasteiger charge is 2.41. The molecule has 2 fully saturated rings. The average molecular weight is 793 g/mol. The number of pyridine rings is 1. The predicted molar refractivity (Wildman–Crippen MR) is 219 cm³/mol. The molecule has 13 nitrogen and oxygen atoms in total. The van der Waals surface area contributed by atoms with E-state index in [-0.39, 0.29) is 21.9 Å². The van der Waals surface area contributed by atoms with Gasteiger partial charge in [-0.3, -0.25) is 24.5 Å². The first-order valence-corrected chi connectivity index (χ1v) is 20.5. The smallest absolute Gasteiger partial charge is 0.295 e. The molecule has 15 heteroatoms. The summed E-state index contributed by atoms with van der Waals surface area (Å²) in [5.41, 5.74) is 7.09. The highest BCUT2D eigenvalue weighted by Crippen LogP contribution is 2.55. The van der Waals surface area contributed by atoms with Gasteiger partial charge >= 0.3 is 0 Å². The van der Waals surface area contributed by atoms with Crippen LogP contribution in [0, 0.1) is 15.5 Å². The maximum atomic E-state index is 13.8. The summed E-state index contributed by atoms with van der Waals surface area (Å²) in [6.45, 7) is 4.59. The molecule has 2 aliphatic heterocycles. The lowest BCUT2D eigenvalue weighted by Gasteiger charge is -2.47. The molecule has 0 bridgehead atoms. The Morgan fingerprint density at radius 2 is 1.84 bits per heavy atom. The van der Waals surface area contributed by atoms with Gasteiger partial charge in [-0.25, -0.2) is 9.19 Å². The van der Waals surface area contributed by atoms with E-state index < -0.39 is 21.8 Å². The van der Waals surface area contributed by atoms with Gasteiger partial charge in [0.05, 0.1) is 33.9 Å². The van der Waals surface area contributed by atoms with Crippen LogP contribution in [0.3, 0.4) is 0 Å². The van der Waals surface area contributed by atoms with Crippen LogP contribution in [0.25, 0.3) is 16.6 Å². The Kier molecular flexibility index (Phi) is 9.64. The van der Waals surface area contributed by atoms with Crippen molar-refractivity contribution >= 4 is 67.8 Å².